The van der Waals surface area contributed by atoms with Gasteiger partial charge in [0.2, 0.25) is 0 Å². The zero-order valence-electron chi connectivity index (χ0n) is 15.6. The van der Waals surface area contributed by atoms with Crippen molar-refractivity contribution in [1.82, 2.24) is 15.8 Å². The number of hydrogen-bond acceptors (Lipinski definition) is 4. The fourth-order valence-electron chi connectivity index (χ4n) is 4.26. The summed E-state index contributed by atoms with van der Waals surface area (Å²) in [5.74, 6) is 0.493. The van der Waals surface area contributed by atoms with E-state index in [0.717, 1.165) is 25.1 Å². The third-order valence-corrected chi connectivity index (χ3v) is 5.67. The number of rotatable bonds is 7. The smallest absolute Gasteiger partial charge is 0.123 e. The summed E-state index contributed by atoms with van der Waals surface area (Å²) in [4.78, 5) is 2.62. The SMILES string of the molecule is Fc1ccc(OCCC2CC(C3CCCN3Cc3ccccc3)NN2)cc1. The van der Waals surface area contributed by atoms with Crippen molar-refractivity contribution in [3.63, 3.8) is 0 Å². The molecular weight excluding hydrogens is 341 g/mol. The molecule has 144 valence electrons. The molecule has 2 fully saturated rings. The molecule has 0 spiro atoms. The topological polar surface area (TPSA) is 36.5 Å². The van der Waals surface area contributed by atoms with Crippen molar-refractivity contribution < 1.29 is 9.13 Å². The Hall–Kier alpha value is -1.95. The maximum absolute atomic E-state index is 12.9. The predicted octanol–water partition coefficient (Wildman–Crippen LogP) is 3.49. The Labute approximate surface area is 160 Å². The van der Waals surface area contributed by atoms with Gasteiger partial charge in [-0.3, -0.25) is 15.8 Å². The van der Waals surface area contributed by atoms with Crippen molar-refractivity contribution in [2.24, 2.45) is 0 Å². The lowest BCUT2D eigenvalue weighted by Gasteiger charge is -2.29. The van der Waals surface area contributed by atoms with Gasteiger partial charge in [0.05, 0.1) is 6.61 Å². The standard InChI is InChI=1S/C22H28FN3O/c23-18-8-10-20(11-9-18)27-14-12-19-15-21(25-24-19)22-7-4-13-26(22)16-17-5-2-1-3-6-17/h1-3,5-6,8-11,19,21-22,24-25H,4,7,12-16H2. The van der Waals surface area contributed by atoms with E-state index in [4.69, 9.17) is 4.74 Å². The van der Waals surface area contributed by atoms with Crippen molar-refractivity contribution >= 4 is 0 Å². The van der Waals surface area contributed by atoms with Crippen LogP contribution >= 0.6 is 0 Å². The molecule has 0 radical (unpaired) electrons. The molecule has 2 aliphatic rings. The minimum absolute atomic E-state index is 0.233. The number of hydrogen-bond donors (Lipinski definition) is 2. The molecule has 2 aromatic carbocycles. The average Bonchev–Trinajstić information content (AvgIpc) is 3.33. The zero-order valence-corrected chi connectivity index (χ0v) is 15.6. The highest BCUT2D eigenvalue weighted by atomic mass is 19.1. The fourth-order valence-corrected chi connectivity index (χ4v) is 4.26. The van der Waals surface area contributed by atoms with Gasteiger partial charge in [0.25, 0.3) is 0 Å². The number of hydrazine groups is 1. The summed E-state index contributed by atoms with van der Waals surface area (Å²) in [6.07, 6.45) is 4.58. The van der Waals surface area contributed by atoms with Gasteiger partial charge in [-0.25, -0.2) is 4.39 Å². The highest BCUT2D eigenvalue weighted by Crippen LogP contribution is 2.26. The molecule has 5 heteroatoms. The number of nitrogens with one attached hydrogen (secondary N) is 2. The van der Waals surface area contributed by atoms with Crippen molar-refractivity contribution in [3.8, 4) is 5.75 Å². The van der Waals surface area contributed by atoms with E-state index >= 15 is 0 Å². The number of benzene rings is 2. The fraction of sp³-hybridized carbons (Fsp3) is 0.455. The molecule has 3 atom stereocenters. The minimum Gasteiger partial charge on any atom is -0.494 e. The Bertz CT molecular complexity index is 709. The van der Waals surface area contributed by atoms with Gasteiger partial charge in [0.1, 0.15) is 11.6 Å². The first-order valence-electron chi connectivity index (χ1n) is 9.95. The van der Waals surface area contributed by atoms with Gasteiger partial charge in [-0.2, -0.15) is 0 Å². The summed E-state index contributed by atoms with van der Waals surface area (Å²) in [7, 11) is 0. The van der Waals surface area contributed by atoms with Crippen LogP contribution in [0.4, 0.5) is 4.39 Å². The summed E-state index contributed by atoms with van der Waals surface area (Å²) >= 11 is 0. The highest BCUT2D eigenvalue weighted by molar-refractivity contribution is 5.22. The summed E-state index contributed by atoms with van der Waals surface area (Å²) in [6, 6.07) is 18.4. The van der Waals surface area contributed by atoms with E-state index in [1.165, 1.54) is 37.1 Å². The molecule has 2 N–H and O–H groups in total. The van der Waals surface area contributed by atoms with E-state index in [-0.39, 0.29) is 5.82 Å². The van der Waals surface area contributed by atoms with Crippen LogP contribution in [0, 0.1) is 5.82 Å². The molecule has 3 unspecified atom stereocenters. The molecule has 2 saturated heterocycles. The van der Waals surface area contributed by atoms with E-state index in [1.54, 1.807) is 12.1 Å². The van der Waals surface area contributed by atoms with E-state index in [9.17, 15) is 4.39 Å². The molecule has 0 amide bonds. The van der Waals surface area contributed by atoms with Gasteiger partial charge in [-0.15, -0.1) is 0 Å². The minimum atomic E-state index is -0.233. The van der Waals surface area contributed by atoms with Crippen LogP contribution in [0.5, 0.6) is 5.75 Å². The number of likely N-dealkylation sites (tertiary alicyclic amines) is 1. The van der Waals surface area contributed by atoms with E-state index in [1.807, 2.05) is 0 Å². The largest absolute Gasteiger partial charge is 0.494 e. The monoisotopic (exact) mass is 369 g/mol. The molecule has 4 nitrogen and oxygen atoms in total. The second-order valence-electron chi connectivity index (χ2n) is 7.58. The van der Waals surface area contributed by atoms with Crippen molar-refractivity contribution in [1.29, 1.82) is 0 Å². The lowest BCUT2D eigenvalue weighted by molar-refractivity contribution is 0.203. The van der Waals surface area contributed by atoms with Crippen LogP contribution in [0.15, 0.2) is 54.6 Å². The first-order valence-corrected chi connectivity index (χ1v) is 9.95. The number of halogens is 1. The van der Waals surface area contributed by atoms with E-state index < -0.39 is 0 Å². The Balaban J connectivity index is 1.24. The van der Waals surface area contributed by atoms with Gasteiger partial charge in [-0.05, 0) is 62.1 Å². The molecule has 0 aromatic heterocycles. The maximum Gasteiger partial charge on any atom is 0.123 e. The van der Waals surface area contributed by atoms with Gasteiger partial charge < -0.3 is 4.74 Å². The lowest BCUT2D eigenvalue weighted by atomic mass is 9.99. The first-order chi connectivity index (χ1) is 13.3. The van der Waals surface area contributed by atoms with E-state index in [0.29, 0.717) is 24.7 Å². The van der Waals surface area contributed by atoms with Crippen molar-refractivity contribution in [2.45, 2.75) is 50.4 Å². The summed E-state index contributed by atoms with van der Waals surface area (Å²) in [5, 5.41) is 0. The molecule has 4 rings (SSSR count). The third kappa shape index (κ3) is 4.86. The molecule has 2 aliphatic heterocycles. The number of nitrogens with zero attached hydrogens (tertiary/aromatic N) is 1. The third-order valence-electron chi connectivity index (χ3n) is 5.67. The van der Waals surface area contributed by atoms with Crippen LogP contribution in [-0.4, -0.2) is 36.2 Å². The van der Waals surface area contributed by atoms with Crippen LogP contribution in [0.25, 0.3) is 0 Å². The molecule has 2 heterocycles. The highest BCUT2D eigenvalue weighted by Gasteiger charge is 2.36. The van der Waals surface area contributed by atoms with Gasteiger partial charge in [-0.1, -0.05) is 30.3 Å². The summed E-state index contributed by atoms with van der Waals surface area (Å²) < 4.78 is 18.7. The Morgan fingerprint density at radius 3 is 2.67 bits per heavy atom. The average molecular weight is 369 g/mol. The Kier molecular flexibility index (Phi) is 6.02. The second kappa shape index (κ2) is 8.83. The van der Waals surface area contributed by atoms with E-state index in [2.05, 4.69) is 46.1 Å². The quantitative estimate of drug-likeness (QED) is 0.783. The molecule has 0 saturated carbocycles. The second-order valence-corrected chi connectivity index (χ2v) is 7.58. The molecule has 0 aliphatic carbocycles. The molecule has 27 heavy (non-hydrogen) atoms. The lowest BCUT2D eigenvalue weighted by Crippen LogP contribution is -2.45. The summed E-state index contributed by atoms with van der Waals surface area (Å²) in [5.41, 5.74) is 8.36. The molecule has 2 aromatic rings. The van der Waals surface area contributed by atoms with Crippen LogP contribution in [0.3, 0.4) is 0 Å². The van der Waals surface area contributed by atoms with Crippen LogP contribution < -0.4 is 15.6 Å². The normalized spacial score (nSPS) is 25.7. The van der Waals surface area contributed by atoms with Gasteiger partial charge in [0.15, 0.2) is 0 Å². The predicted molar refractivity (Wildman–Crippen MR) is 105 cm³/mol. The maximum atomic E-state index is 12.9. The molecule has 0 bridgehead atoms. The Morgan fingerprint density at radius 2 is 1.85 bits per heavy atom. The van der Waals surface area contributed by atoms with Crippen LogP contribution in [-0.2, 0) is 6.54 Å². The zero-order chi connectivity index (χ0) is 18.5. The number of ether oxygens (including phenoxy) is 1. The first kappa shape index (κ1) is 18.4. The summed E-state index contributed by atoms with van der Waals surface area (Å²) in [6.45, 7) is 2.84. The Morgan fingerprint density at radius 1 is 1.04 bits per heavy atom. The van der Waals surface area contributed by atoms with Crippen molar-refractivity contribution in [3.05, 3.63) is 66.0 Å². The van der Waals surface area contributed by atoms with Crippen LogP contribution in [0.2, 0.25) is 0 Å². The van der Waals surface area contributed by atoms with Crippen molar-refractivity contribution in [2.75, 3.05) is 13.2 Å². The molecular formula is C22H28FN3O. The van der Waals surface area contributed by atoms with Gasteiger partial charge >= 0.3 is 0 Å². The van der Waals surface area contributed by atoms with Crippen LogP contribution in [0.1, 0.15) is 31.2 Å². The van der Waals surface area contributed by atoms with Gasteiger partial charge in [0, 0.05) is 24.7 Å².